The Morgan fingerprint density at radius 2 is 1.88 bits per heavy atom. The van der Waals surface area contributed by atoms with Crippen molar-refractivity contribution in [1.82, 2.24) is 29.9 Å². The summed E-state index contributed by atoms with van der Waals surface area (Å²) in [7, 11) is 0. The molecule has 2 bridgehead atoms. The molecule has 1 aliphatic carbocycles. The lowest BCUT2D eigenvalue weighted by molar-refractivity contribution is -0.145. The normalized spacial score (nSPS) is 22.5. The molecule has 2 fully saturated rings. The fraction of sp³-hybridized carbons (Fsp3) is 0.450. The first-order valence-corrected chi connectivity index (χ1v) is 10.4. The Bertz CT molecular complexity index is 1220. The molecule has 3 atom stereocenters. The SMILES string of the molecule is O=c1ccnc([C@@H]2[C@H]3CC[C@H](C3)N2c2cc(C(F)(F)F)cc(C(F)(F)F)n2)n1Cc1cn[nH]n1. The number of aromatic nitrogens is 6. The van der Waals surface area contributed by atoms with Gasteiger partial charge in [-0.05, 0) is 37.3 Å². The van der Waals surface area contributed by atoms with Crippen molar-refractivity contribution in [3.05, 3.63) is 63.7 Å². The van der Waals surface area contributed by atoms with E-state index in [1.807, 2.05) is 0 Å². The van der Waals surface area contributed by atoms with Crippen molar-refractivity contribution >= 4 is 5.82 Å². The van der Waals surface area contributed by atoms with Gasteiger partial charge in [0.05, 0.1) is 24.3 Å². The number of aromatic amines is 1. The largest absolute Gasteiger partial charge is 0.433 e. The van der Waals surface area contributed by atoms with Gasteiger partial charge in [-0.1, -0.05) is 0 Å². The van der Waals surface area contributed by atoms with Gasteiger partial charge in [0.25, 0.3) is 5.56 Å². The van der Waals surface area contributed by atoms with E-state index < -0.39 is 41.0 Å². The molecule has 0 spiro atoms. The average molecular weight is 485 g/mol. The van der Waals surface area contributed by atoms with Gasteiger partial charge in [0, 0.05) is 18.3 Å². The number of fused-ring (bicyclic) bond motifs is 2. The summed E-state index contributed by atoms with van der Waals surface area (Å²) in [5.74, 6) is -0.325. The van der Waals surface area contributed by atoms with E-state index in [4.69, 9.17) is 0 Å². The summed E-state index contributed by atoms with van der Waals surface area (Å²) in [6.07, 6.45) is -5.55. The number of halogens is 6. The molecule has 0 unspecified atom stereocenters. The zero-order valence-electron chi connectivity index (χ0n) is 17.3. The van der Waals surface area contributed by atoms with Crippen LogP contribution in [0.1, 0.15) is 48.1 Å². The molecule has 3 aromatic rings. The van der Waals surface area contributed by atoms with Crippen molar-refractivity contribution in [1.29, 1.82) is 0 Å². The van der Waals surface area contributed by atoms with Crippen LogP contribution in [0.2, 0.25) is 0 Å². The maximum Gasteiger partial charge on any atom is 0.433 e. The summed E-state index contributed by atoms with van der Waals surface area (Å²) in [6, 6.07) is 0.812. The van der Waals surface area contributed by atoms with E-state index in [0.717, 1.165) is 0 Å². The smallest absolute Gasteiger partial charge is 0.343 e. The van der Waals surface area contributed by atoms with Crippen molar-refractivity contribution in [3.8, 4) is 0 Å². The first-order valence-electron chi connectivity index (χ1n) is 10.4. The van der Waals surface area contributed by atoms with Crippen LogP contribution in [-0.4, -0.2) is 36.0 Å². The van der Waals surface area contributed by atoms with Crippen LogP contribution in [0.25, 0.3) is 0 Å². The molecule has 1 aliphatic heterocycles. The molecule has 0 amide bonds. The molecule has 1 saturated heterocycles. The van der Waals surface area contributed by atoms with Crippen LogP contribution in [0, 0.1) is 5.92 Å². The minimum absolute atomic E-state index is 0.00804. The number of nitrogens with zero attached hydrogens (tertiary/aromatic N) is 6. The Kier molecular flexibility index (Phi) is 5.13. The summed E-state index contributed by atoms with van der Waals surface area (Å²) in [6.45, 7) is -0.00987. The highest BCUT2D eigenvalue weighted by molar-refractivity contribution is 5.49. The van der Waals surface area contributed by atoms with Crippen LogP contribution < -0.4 is 10.5 Å². The molecule has 0 aromatic carbocycles. The second-order valence-electron chi connectivity index (χ2n) is 8.36. The van der Waals surface area contributed by atoms with Crippen LogP contribution in [0.3, 0.4) is 0 Å². The molecule has 8 nitrogen and oxygen atoms in total. The van der Waals surface area contributed by atoms with E-state index in [1.165, 1.54) is 27.9 Å². The molecular formula is C20H17F6N7O. The van der Waals surface area contributed by atoms with Gasteiger partial charge < -0.3 is 4.90 Å². The maximum absolute atomic E-state index is 13.5. The second kappa shape index (κ2) is 7.81. The zero-order valence-corrected chi connectivity index (χ0v) is 17.3. The molecule has 5 rings (SSSR count). The minimum Gasteiger partial charge on any atom is -0.343 e. The third kappa shape index (κ3) is 3.90. The molecule has 0 radical (unpaired) electrons. The Hall–Kier alpha value is -3.45. The predicted molar refractivity (Wildman–Crippen MR) is 105 cm³/mol. The molecule has 34 heavy (non-hydrogen) atoms. The second-order valence-corrected chi connectivity index (χ2v) is 8.36. The summed E-state index contributed by atoms with van der Waals surface area (Å²) < 4.78 is 82.0. The van der Waals surface area contributed by atoms with Crippen molar-refractivity contribution in [2.24, 2.45) is 5.92 Å². The molecule has 3 aromatic heterocycles. The van der Waals surface area contributed by atoms with E-state index >= 15 is 0 Å². The number of hydrogen-bond acceptors (Lipinski definition) is 6. The fourth-order valence-corrected chi connectivity index (χ4v) is 4.92. The van der Waals surface area contributed by atoms with Gasteiger partial charge in [0.2, 0.25) is 0 Å². The van der Waals surface area contributed by atoms with E-state index in [9.17, 15) is 31.1 Å². The van der Waals surface area contributed by atoms with E-state index in [0.29, 0.717) is 31.0 Å². The number of alkyl halides is 6. The van der Waals surface area contributed by atoms with Gasteiger partial charge in [-0.15, -0.1) is 0 Å². The van der Waals surface area contributed by atoms with Crippen molar-refractivity contribution in [3.63, 3.8) is 0 Å². The van der Waals surface area contributed by atoms with Gasteiger partial charge >= 0.3 is 12.4 Å². The quantitative estimate of drug-likeness (QED) is 0.568. The predicted octanol–water partition coefficient (Wildman–Crippen LogP) is 3.57. The summed E-state index contributed by atoms with van der Waals surface area (Å²) in [4.78, 5) is 22.0. The first-order chi connectivity index (χ1) is 16.0. The minimum atomic E-state index is -5.07. The highest BCUT2D eigenvalue weighted by atomic mass is 19.4. The Balaban J connectivity index is 1.64. The van der Waals surface area contributed by atoms with Gasteiger partial charge in [-0.3, -0.25) is 9.36 Å². The standard InChI is InChI=1S/C20H17F6N7O/c21-19(22,23)11-6-14(20(24,25)26)29-15(7-11)33-13-2-1-10(5-13)17(33)18-27-4-3-16(34)32(18)9-12-8-28-31-30-12/h3-4,6-8,10,13,17H,1-2,5,9H2,(H,28,30,31)/t10-,13+,17-/m0/s1. The highest BCUT2D eigenvalue weighted by Crippen LogP contribution is 2.52. The molecule has 180 valence electrons. The lowest BCUT2D eigenvalue weighted by Gasteiger charge is -2.37. The third-order valence-corrected chi connectivity index (χ3v) is 6.30. The summed E-state index contributed by atoms with van der Waals surface area (Å²) in [5.41, 5.74) is -3.07. The van der Waals surface area contributed by atoms with Crippen LogP contribution in [0.4, 0.5) is 32.2 Å². The maximum atomic E-state index is 13.5. The molecule has 1 N–H and O–H groups in total. The summed E-state index contributed by atoms with van der Waals surface area (Å²) >= 11 is 0. The Morgan fingerprint density at radius 3 is 2.56 bits per heavy atom. The van der Waals surface area contributed by atoms with Gasteiger partial charge in [-0.2, -0.15) is 41.8 Å². The first kappa shape index (κ1) is 22.3. The number of anilines is 1. The van der Waals surface area contributed by atoms with Gasteiger partial charge in [0.15, 0.2) is 0 Å². The topological polar surface area (TPSA) is 92.6 Å². The molecule has 4 heterocycles. The van der Waals surface area contributed by atoms with E-state index in [1.54, 1.807) is 0 Å². The van der Waals surface area contributed by atoms with Crippen LogP contribution in [-0.2, 0) is 18.9 Å². The van der Waals surface area contributed by atoms with Crippen molar-refractivity contribution < 1.29 is 26.3 Å². The van der Waals surface area contributed by atoms with Gasteiger partial charge in [-0.25, -0.2) is 9.97 Å². The number of H-pyrrole nitrogens is 1. The Morgan fingerprint density at radius 1 is 1.09 bits per heavy atom. The van der Waals surface area contributed by atoms with Crippen LogP contribution >= 0.6 is 0 Å². The monoisotopic (exact) mass is 485 g/mol. The molecule has 1 saturated carbocycles. The van der Waals surface area contributed by atoms with E-state index in [2.05, 4.69) is 25.4 Å². The molecule has 14 heteroatoms. The number of hydrogen-bond donors (Lipinski definition) is 1. The van der Waals surface area contributed by atoms with E-state index in [-0.39, 0.29) is 30.4 Å². The zero-order chi connectivity index (χ0) is 24.3. The molecular weight excluding hydrogens is 468 g/mol. The third-order valence-electron chi connectivity index (χ3n) is 6.30. The van der Waals surface area contributed by atoms with Crippen molar-refractivity contribution in [2.75, 3.05) is 4.90 Å². The number of rotatable bonds is 4. The summed E-state index contributed by atoms with van der Waals surface area (Å²) in [5, 5.41) is 10.1. The fourth-order valence-electron chi connectivity index (χ4n) is 4.92. The highest BCUT2D eigenvalue weighted by Gasteiger charge is 2.50. The Labute approximate surface area is 187 Å². The average Bonchev–Trinajstić information content (AvgIpc) is 3.51. The lowest BCUT2D eigenvalue weighted by atomic mass is 9.97. The number of pyridine rings is 1. The van der Waals surface area contributed by atoms with Gasteiger partial charge in [0.1, 0.15) is 23.0 Å². The lowest BCUT2D eigenvalue weighted by Crippen LogP contribution is -2.40. The van der Waals surface area contributed by atoms with Crippen molar-refractivity contribution in [2.45, 2.75) is 50.2 Å². The molecule has 2 aliphatic rings. The van der Waals surface area contributed by atoms with Crippen LogP contribution in [0.5, 0.6) is 0 Å². The number of nitrogens with one attached hydrogen (secondary N) is 1. The van der Waals surface area contributed by atoms with Crippen LogP contribution in [0.15, 0.2) is 35.4 Å². The number of piperidine rings is 1.